The Bertz CT molecular complexity index is 2280. The molecule has 2 aliphatic heterocycles. The molecule has 3 aromatic carbocycles. The normalized spacial score (nSPS) is 19.4. The number of imide groups is 1. The predicted octanol–water partition coefficient (Wildman–Crippen LogP) is 6.45. The Labute approximate surface area is 390 Å². The van der Waals surface area contributed by atoms with Gasteiger partial charge in [-0.3, -0.25) is 34.3 Å². The van der Waals surface area contributed by atoms with Gasteiger partial charge in [0.05, 0.1) is 57.5 Å². The zero-order valence-electron chi connectivity index (χ0n) is 38.2. The van der Waals surface area contributed by atoms with E-state index < -0.39 is 0 Å². The third-order valence-corrected chi connectivity index (χ3v) is 13.0. The van der Waals surface area contributed by atoms with Gasteiger partial charge in [0, 0.05) is 62.1 Å². The second-order valence-corrected chi connectivity index (χ2v) is 17.5. The molecule has 0 radical (unpaired) electrons. The van der Waals surface area contributed by atoms with Gasteiger partial charge in [-0.15, -0.1) is 0 Å². The maximum atomic E-state index is 14.0. The summed E-state index contributed by atoms with van der Waals surface area (Å²) >= 11 is 0. The van der Waals surface area contributed by atoms with Crippen LogP contribution in [0.3, 0.4) is 0 Å². The van der Waals surface area contributed by atoms with Crippen molar-refractivity contribution in [3.63, 3.8) is 0 Å². The molecule has 1 aromatic heterocycles. The number of piperidine rings is 2. The molecule has 358 valence electrons. The number of fused-ring (bicyclic) bond motifs is 1. The highest BCUT2D eigenvalue weighted by Crippen LogP contribution is 2.41. The van der Waals surface area contributed by atoms with E-state index in [1.54, 1.807) is 42.6 Å². The van der Waals surface area contributed by atoms with Gasteiger partial charge < -0.3 is 39.2 Å². The molecule has 1 saturated carbocycles. The third kappa shape index (κ3) is 14.5. The largest absolute Gasteiger partial charge is 0.490 e. The van der Waals surface area contributed by atoms with E-state index in [0.29, 0.717) is 90.2 Å². The number of anilines is 1. The van der Waals surface area contributed by atoms with E-state index >= 15 is 0 Å². The van der Waals surface area contributed by atoms with Crippen molar-refractivity contribution in [2.75, 3.05) is 71.2 Å². The van der Waals surface area contributed by atoms with E-state index in [2.05, 4.69) is 20.9 Å². The van der Waals surface area contributed by atoms with Crippen molar-refractivity contribution < 1.29 is 52.0 Å². The Balaban J connectivity index is 0.668. The van der Waals surface area contributed by atoms with Gasteiger partial charge in [-0.1, -0.05) is 19.1 Å². The number of pyridine rings is 1. The summed E-state index contributed by atoms with van der Waals surface area (Å²) in [4.78, 5) is 67.9. The lowest BCUT2D eigenvalue weighted by atomic mass is 9.73. The van der Waals surface area contributed by atoms with Crippen LogP contribution in [-0.4, -0.2) is 111 Å². The molecule has 15 nitrogen and oxygen atoms in total. The lowest BCUT2D eigenvalue weighted by Crippen LogP contribution is -2.42. The van der Waals surface area contributed by atoms with E-state index in [9.17, 15) is 28.4 Å². The maximum absolute atomic E-state index is 14.0. The van der Waals surface area contributed by atoms with Crippen molar-refractivity contribution in [2.24, 2.45) is 11.8 Å². The van der Waals surface area contributed by atoms with E-state index in [-0.39, 0.29) is 65.8 Å². The molecule has 7 rings (SSSR count). The molecule has 0 bridgehead atoms. The highest BCUT2D eigenvalue weighted by atomic mass is 19.1. The lowest BCUT2D eigenvalue weighted by Gasteiger charge is -2.32. The summed E-state index contributed by atoms with van der Waals surface area (Å²) in [5.41, 5.74) is 3.46. The molecular formula is C51H62FN5O10. The van der Waals surface area contributed by atoms with Crippen LogP contribution in [0.25, 0.3) is 10.9 Å². The number of nitrogens with one attached hydrogen (secondary N) is 3. The SMILES string of the molecule is C[C@@H](C(=O)Nc1ccc(OC2CCN(C(=O)CCOCCOCCOCCNC(=O)COc3ccc(C4CCC(=O)NC4=O)cc3)CC2)cc1)C1CCC(c2ccnc3ccc(F)cc23)CC1. The summed E-state index contributed by atoms with van der Waals surface area (Å²) in [7, 11) is 0. The summed E-state index contributed by atoms with van der Waals surface area (Å²) in [5.74, 6) is 0.257. The van der Waals surface area contributed by atoms with Gasteiger partial charge in [-0.25, -0.2) is 4.39 Å². The molecule has 3 N–H and O–H groups in total. The first-order valence-corrected chi connectivity index (χ1v) is 23.6. The predicted molar refractivity (Wildman–Crippen MR) is 248 cm³/mol. The van der Waals surface area contributed by atoms with E-state index in [0.717, 1.165) is 72.0 Å². The molecule has 16 heteroatoms. The topological polar surface area (TPSA) is 184 Å². The molecule has 2 atom stereocenters. The number of benzene rings is 3. The maximum Gasteiger partial charge on any atom is 0.258 e. The Kier molecular flexibility index (Phi) is 18.0. The van der Waals surface area contributed by atoms with Gasteiger partial charge in [-0.05, 0) is 116 Å². The van der Waals surface area contributed by atoms with Crippen LogP contribution in [0.2, 0.25) is 0 Å². The highest BCUT2D eigenvalue weighted by Gasteiger charge is 2.31. The number of halogens is 1. The third-order valence-electron chi connectivity index (χ3n) is 13.0. The molecule has 67 heavy (non-hydrogen) atoms. The first kappa shape index (κ1) is 48.9. The van der Waals surface area contributed by atoms with Crippen molar-refractivity contribution in [1.29, 1.82) is 0 Å². The Morgan fingerprint density at radius 1 is 0.806 bits per heavy atom. The fraction of sp³-hybridized carbons (Fsp3) is 0.490. The number of carbonyl (C=O) groups excluding carboxylic acids is 5. The molecule has 1 aliphatic carbocycles. The zero-order valence-corrected chi connectivity index (χ0v) is 38.2. The van der Waals surface area contributed by atoms with Crippen molar-refractivity contribution in [3.8, 4) is 11.5 Å². The van der Waals surface area contributed by atoms with Crippen LogP contribution >= 0.6 is 0 Å². The zero-order chi connectivity index (χ0) is 47.0. The van der Waals surface area contributed by atoms with Gasteiger partial charge in [0.2, 0.25) is 23.6 Å². The molecule has 1 unspecified atom stereocenters. The number of ether oxygens (including phenoxy) is 5. The molecular weight excluding hydrogens is 862 g/mol. The molecule has 0 spiro atoms. The fourth-order valence-corrected chi connectivity index (χ4v) is 9.06. The van der Waals surface area contributed by atoms with Crippen LogP contribution in [0.1, 0.15) is 87.7 Å². The van der Waals surface area contributed by atoms with Crippen LogP contribution in [0, 0.1) is 17.7 Å². The minimum absolute atomic E-state index is 0.00383. The highest BCUT2D eigenvalue weighted by molar-refractivity contribution is 6.01. The number of aromatic nitrogens is 1. The van der Waals surface area contributed by atoms with Crippen LogP contribution in [0.15, 0.2) is 79.0 Å². The Morgan fingerprint density at radius 2 is 1.49 bits per heavy atom. The second-order valence-electron chi connectivity index (χ2n) is 17.5. The number of rotatable bonds is 22. The van der Waals surface area contributed by atoms with Gasteiger partial charge in [-0.2, -0.15) is 0 Å². The van der Waals surface area contributed by atoms with Gasteiger partial charge >= 0.3 is 0 Å². The summed E-state index contributed by atoms with van der Waals surface area (Å²) in [5, 5.41) is 9.05. The summed E-state index contributed by atoms with van der Waals surface area (Å²) in [6.07, 6.45) is 8.07. The first-order valence-electron chi connectivity index (χ1n) is 23.6. The number of hydrogen-bond donors (Lipinski definition) is 3. The van der Waals surface area contributed by atoms with Crippen molar-refractivity contribution in [1.82, 2.24) is 20.5 Å². The van der Waals surface area contributed by atoms with Gasteiger partial charge in [0.1, 0.15) is 23.4 Å². The van der Waals surface area contributed by atoms with Gasteiger partial charge in [0.25, 0.3) is 5.91 Å². The molecule has 4 aromatic rings. The minimum Gasteiger partial charge on any atom is -0.490 e. The molecule has 2 saturated heterocycles. The molecule has 3 heterocycles. The number of nitrogens with zero attached hydrogens (tertiary/aromatic N) is 2. The van der Waals surface area contributed by atoms with Crippen LogP contribution < -0.4 is 25.4 Å². The van der Waals surface area contributed by atoms with Gasteiger partial charge in [0.15, 0.2) is 6.61 Å². The Hall–Kier alpha value is -5.97. The van der Waals surface area contributed by atoms with Crippen LogP contribution in [0.4, 0.5) is 10.1 Å². The lowest BCUT2D eigenvalue weighted by molar-refractivity contribution is -0.135. The van der Waals surface area contributed by atoms with Crippen LogP contribution in [-0.2, 0) is 38.2 Å². The molecule has 3 fully saturated rings. The quantitative estimate of drug-likeness (QED) is 0.0582. The van der Waals surface area contributed by atoms with E-state index in [1.165, 1.54) is 6.07 Å². The Morgan fingerprint density at radius 3 is 2.21 bits per heavy atom. The molecule has 5 amide bonds. The molecule has 3 aliphatic rings. The van der Waals surface area contributed by atoms with Crippen molar-refractivity contribution >= 4 is 46.1 Å². The minimum atomic E-state index is -0.374. The van der Waals surface area contributed by atoms with E-state index in [1.807, 2.05) is 42.2 Å². The summed E-state index contributed by atoms with van der Waals surface area (Å²) in [6, 6.07) is 21.2. The number of amides is 5. The average Bonchev–Trinajstić information content (AvgIpc) is 3.34. The first-order chi connectivity index (χ1) is 32.6. The van der Waals surface area contributed by atoms with E-state index in [4.69, 9.17) is 23.7 Å². The number of carbonyl (C=O) groups is 5. The van der Waals surface area contributed by atoms with Crippen molar-refractivity contribution in [2.45, 2.75) is 82.7 Å². The standard InChI is InChI=1S/C51H62FN5O10/c1-34(35-2-4-36(5-3-35)43-18-22-53-46-16-8-38(52)32-45(43)46)50(61)55-39-9-13-41(14-10-39)67-42-19-24-57(25-20-42)49(60)21-26-63-28-30-65-31-29-64-27-23-54-48(59)33-66-40-11-6-37(7-12-40)44-15-17-47(58)56-51(44)62/h6-14,16,18,22,32,34-36,42,44H,2-5,15,17,19-21,23-31,33H2,1H3,(H,54,59)(H,55,61)(H,56,58,62)/t34-,35?,36?,44?/m1/s1. The fourth-order valence-electron chi connectivity index (χ4n) is 9.06. The summed E-state index contributed by atoms with van der Waals surface area (Å²) < 4.78 is 42.5. The van der Waals surface area contributed by atoms with Crippen molar-refractivity contribution in [3.05, 3.63) is 95.9 Å². The number of hydrogen-bond acceptors (Lipinski definition) is 11. The number of likely N-dealkylation sites (tertiary alicyclic amines) is 1. The monoisotopic (exact) mass is 923 g/mol. The second kappa shape index (κ2) is 24.7. The van der Waals surface area contributed by atoms with Crippen LogP contribution in [0.5, 0.6) is 11.5 Å². The summed E-state index contributed by atoms with van der Waals surface area (Å²) in [6.45, 7) is 5.45. The average molecular weight is 924 g/mol. The smallest absolute Gasteiger partial charge is 0.258 e.